The first kappa shape index (κ1) is 31.7. The number of pyridine rings is 1. The Morgan fingerprint density at radius 3 is 2.33 bits per heavy atom. The predicted molar refractivity (Wildman–Crippen MR) is 194 cm³/mol. The molecule has 0 aliphatic heterocycles. The second-order valence-electron chi connectivity index (χ2n) is 12.9. The summed E-state index contributed by atoms with van der Waals surface area (Å²) in [6.45, 7) is 10.2. The number of rotatable bonds is 15. The van der Waals surface area contributed by atoms with E-state index in [2.05, 4.69) is 95.7 Å². The van der Waals surface area contributed by atoms with Crippen LogP contribution in [-0.2, 0) is 17.9 Å². The number of carboxylic acids is 1. The van der Waals surface area contributed by atoms with Crippen LogP contribution in [0.5, 0.6) is 0 Å². The van der Waals surface area contributed by atoms with Crippen molar-refractivity contribution < 1.29 is 23.3 Å². The third kappa shape index (κ3) is 5.78. The van der Waals surface area contributed by atoms with Gasteiger partial charge in [-0.2, -0.15) is 0 Å². The minimum absolute atomic E-state index is 0.0927. The van der Waals surface area contributed by atoms with Crippen LogP contribution in [0.1, 0.15) is 72.1 Å². The highest BCUT2D eigenvalue weighted by Gasteiger charge is 2.26. The number of aromatic nitrogens is 3. The smallest absolute Gasteiger partial charge is 0.303 e. The highest BCUT2D eigenvalue weighted by molar-refractivity contribution is 6.34. The Balaban J connectivity index is 1.49. The number of unbranched alkanes of at least 4 members (excludes halogenated alkanes) is 3. The van der Waals surface area contributed by atoms with Gasteiger partial charge in [0.25, 0.3) is 0 Å². The van der Waals surface area contributed by atoms with Crippen molar-refractivity contribution in [3.8, 4) is 11.5 Å². The van der Waals surface area contributed by atoms with Crippen molar-refractivity contribution in [2.24, 2.45) is 0 Å². The first-order valence-corrected chi connectivity index (χ1v) is 17.7. The number of para-hydroxylation sites is 1. The summed E-state index contributed by atoms with van der Waals surface area (Å²) in [6, 6.07) is 19.1. The molecule has 0 bridgehead atoms. The van der Waals surface area contributed by atoms with E-state index in [1.165, 1.54) is 5.69 Å². The van der Waals surface area contributed by atoms with Gasteiger partial charge in [0.2, 0.25) is 11.5 Å². The van der Waals surface area contributed by atoms with Crippen molar-refractivity contribution in [2.75, 3.05) is 18.0 Å². The van der Waals surface area contributed by atoms with Gasteiger partial charge in [-0.15, -0.1) is 0 Å². The minimum atomic E-state index is -0.796. The van der Waals surface area contributed by atoms with Gasteiger partial charge in [-0.25, -0.2) is 9.55 Å². The molecule has 4 heterocycles. The Kier molecular flexibility index (Phi) is 9.06. The van der Waals surface area contributed by atoms with Gasteiger partial charge < -0.3 is 23.4 Å². The molecule has 7 aromatic rings. The number of carbonyl (C=O) groups is 1. The molecule has 7 rings (SSSR count). The Morgan fingerprint density at radius 2 is 1.60 bits per heavy atom. The van der Waals surface area contributed by atoms with Crippen LogP contribution in [0.3, 0.4) is 0 Å². The van der Waals surface area contributed by atoms with E-state index >= 15 is 0 Å². The largest absolute Gasteiger partial charge is 0.481 e. The van der Waals surface area contributed by atoms with Crippen molar-refractivity contribution in [2.45, 2.75) is 85.2 Å². The van der Waals surface area contributed by atoms with Crippen molar-refractivity contribution >= 4 is 66.5 Å². The maximum absolute atomic E-state index is 11.5. The number of aryl methyl sites for hydroxylation is 2. The van der Waals surface area contributed by atoms with Crippen LogP contribution in [0.25, 0.3) is 66.3 Å². The molecule has 0 aliphatic rings. The topological polar surface area (TPSA) is 88.5 Å². The average Bonchev–Trinajstić information content (AvgIpc) is 3.80. The van der Waals surface area contributed by atoms with E-state index in [0.717, 1.165) is 107 Å². The van der Waals surface area contributed by atoms with Crippen molar-refractivity contribution in [1.82, 2.24) is 9.55 Å². The molecule has 0 unspecified atom stereocenters. The lowest BCUT2D eigenvalue weighted by Gasteiger charge is -2.24. The molecule has 8 nitrogen and oxygen atoms in total. The molecular weight excluding hydrogens is 600 g/mol. The van der Waals surface area contributed by atoms with Crippen LogP contribution in [0.4, 0.5) is 5.69 Å². The lowest BCUT2D eigenvalue weighted by atomic mass is 10.0. The summed E-state index contributed by atoms with van der Waals surface area (Å²) in [4.78, 5) is 19.2. The minimum Gasteiger partial charge on any atom is -0.481 e. The van der Waals surface area contributed by atoms with Gasteiger partial charge in [0.15, 0.2) is 18.0 Å². The van der Waals surface area contributed by atoms with E-state index in [9.17, 15) is 9.90 Å². The maximum Gasteiger partial charge on any atom is 0.303 e. The van der Waals surface area contributed by atoms with Crippen LogP contribution >= 0.6 is 0 Å². The molecule has 0 saturated carbocycles. The Hall–Kier alpha value is -4.85. The molecule has 0 radical (unpaired) electrons. The SMILES string of the molecule is CCCCN(CCCC)c1ccc2c(c1)oc1c3oc(-c4cc[n+](CCCC)cc4)nc3c3c(c4ccccc4n3CCCC(=O)O)c21. The molecule has 48 heavy (non-hydrogen) atoms. The van der Waals surface area contributed by atoms with E-state index in [-0.39, 0.29) is 6.42 Å². The number of oxazole rings is 1. The molecule has 0 fully saturated rings. The summed E-state index contributed by atoms with van der Waals surface area (Å²) in [5.41, 5.74) is 6.93. The molecule has 3 aromatic carbocycles. The van der Waals surface area contributed by atoms with Crippen LogP contribution < -0.4 is 9.47 Å². The molecule has 248 valence electrons. The second kappa shape index (κ2) is 13.7. The standard InChI is InChI=1S/C40H44N4O4/c1-4-7-20-42-24-18-27(19-25-42)40-41-36-37-34(29-13-10-11-14-31(29)44(37)23-12-15-33(45)46)35-30-17-16-28(43(21-8-5-2)22-9-6-3)26-32(30)47-38(35)39(36)48-40/h10-11,13-14,16-19,24-26H,4-9,12,15,20-23H2,1-3H3/p+1. The first-order chi connectivity index (χ1) is 23.5. The number of anilines is 1. The number of benzene rings is 3. The van der Waals surface area contributed by atoms with Gasteiger partial charge in [0.1, 0.15) is 17.6 Å². The molecule has 4 aromatic heterocycles. The van der Waals surface area contributed by atoms with Crippen LogP contribution in [0.2, 0.25) is 0 Å². The van der Waals surface area contributed by atoms with Gasteiger partial charge in [0, 0.05) is 89.0 Å². The average molecular weight is 646 g/mol. The van der Waals surface area contributed by atoms with E-state index in [1.54, 1.807) is 0 Å². The predicted octanol–water partition coefficient (Wildman–Crippen LogP) is 9.86. The zero-order chi connectivity index (χ0) is 33.2. The lowest BCUT2D eigenvalue weighted by Crippen LogP contribution is -2.32. The number of hydrogen-bond donors (Lipinski definition) is 1. The summed E-state index contributed by atoms with van der Waals surface area (Å²) in [6.07, 6.45) is 11.6. The van der Waals surface area contributed by atoms with Crippen molar-refractivity contribution in [1.29, 1.82) is 0 Å². The third-order valence-corrected chi connectivity index (χ3v) is 9.56. The van der Waals surface area contributed by atoms with E-state index in [0.29, 0.717) is 30.0 Å². The highest BCUT2D eigenvalue weighted by atomic mass is 16.4. The van der Waals surface area contributed by atoms with E-state index in [4.69, 9.17) is 13.8 Å². The number of hydrogen-bond acceptors (Lipinski definition) is 5. The summed E-state index contributed by atoms with van der Waals surface area (Å²) >= 11 is 0. The second-order valence-corrected chi connectivity index (χ2v) is 12.9. The first-order valence-electron chi connectivity index (χ1n) is 17.7. The summed E-state index contributed by atoms with van der Waals surface area (Å²) in [5.74, 6) is -0.258. The molecule has 0 atom stereocenters. The Morgan fingerprint density at radius 1 is 0.854 bits per heavy atom. The molecule has 1 N–H and O–H groups in total. The fourth-order valence-corrected chi connectivity index (χ4v) is 7.03. The molecule has 0 amide bonds. The van der Waals surface area contributed by atoms with Crippen molar-refractivity contribution in [3.63, 3.8) is 0 Å². The third-order valence-electron chi connectivity index (χ3n) is 9.56. The van der Waals surface area contributed by atoms with Crippen LogP contribution in [0, 0.1) is 0 Å². The zero-order valence-corrected chi connectivity index (χ0v) is 28.3. The monoisotopic (exact) mass is 645 g/mol. The summed E-state index contributed by atoms with van der Waals surface area (Å²) in [7, 11) is 0. The summed E-state index contributed by atoms with van der Waals surface area (Å²) in [5, 5.41) is 13.7. The molecular formula is C40H45N4O4+. The van der Waals surface area contributed by atoms with Gasteiger partial charge in [-0.1, -0.05) is 58.2 Å². The van der Waals surface area contributed by atoms with E-state index in [1.807, 2.05) is 6.07 Å². The van der Waals surface area contributed by atoms with Crippen LogP contribution in [0.15, 0.2) is 75.8 Å². The quantitative estimate of drug-likeness (QED) is 0.112. The molecule has 0 spiro atoms. The fourth-order valence-electron chi connectivity index (χ4n) is 7.03. The number of aliphatic carboxylic acids is 1. The number of carboxylic acid groups (broad SMARTS) is 1. The van der Waals surface area contributed by atoms with E-state index < -0.39 is 5.97 Å². The maximum atomic E-state index is 11.5. The Bertz CT molecular complexity index is 2220. The number of fused-ring (bicyclic) bond motifs is 10. The number of nitrogens with zero attached hydrogens (tertiary/aromatic N) is 4. The van der Waals surface area contributed by atoms with Crippen LogP contribution in [-0.4, -0.2) is 33.7 Å². The fraction of sp³-hybridized carbons (Fsp3) is 0.375. The highest BCUT2D eigenvalue weighted by Crippen LogP contribution is 2.46. The van der Waals surface area contributed by atoms with Gasteiger partial charge in [-0.05, 0) is 37.5 Å². The lowest BCUT2D eigenvalue weighted by molar-refractivity contribution is -0.697. The number of furan rings is 1. The van der Waals surface area contributed by atoms with Crippen molar-refractivity contribution in [3.05, 3.63) is 67.0 Å². The van der Waals surface area contributed by atoms with Gasteiger partial charge in [0.05, 0.1) is 5.52 Å². The zero-order valence-electron chi connectivity index (χ0n) is 28.3. The normalized spacial score (nSPS) is 12.0. The van der Waals surface area contributed by atoms with Gasteiger partial charge in [-0.3, -0.25) is 4.79 Å². The molecule has 8 heteroatoms. The molecule has 0 saturated heterocycles. The summed E-state index contributed by atoms with van der Waals surface area (Å²) < 4.78 is 17.9. The molecule has 0 aliphatic carbocycles. The Labute approximate surface area is 280 Å². The van der Waals surface area contributed by atoms with Gasteiger partial charge >= 0.3 is 5.97 Å².